The third-order valence-electron chi connectivity index (χ3n) is 5.68. The van der Waals surface area contributed by atoms with Crippen LogP contribution in [-0.4, -0.2) is 15.0 Å². The van der Waals surface area contributed by atoms with Gasteiger partial charge >= 0.3 is 0 Å². The van der Waals surface area contributed by atoms with Crippen LogP contribution in [0.4, 0.5) is 0 Å². The zero-order valence-corrected chi connectivity index (χ0v) is 17.9. The van der Waals surface area contributed by atoms with Crippen molar-refractivity contribution in [3.8, 4) is 34.2 Å². The number of nitrogens with zero attached hydrogens (tertiary/aromatic N) is 3. The van der Waals surface area contributed by atoms with Crippen LogP contribution < -0.4 is 0 Å². The molecule has 5 aromatic carbocycles. The summed E-state index contributed by atoms with van der Waals surface area (Å²) < 4.78 is 88.7. The van der Waals surface area contributed by atoms with E-state index in [0.29, 0.717) is 16.7 Å². The Morgan fingerprint density at radius 2 is 1.06 bits per heavy atom. The summed E-state index contributed by atoms with van der Waals surface area (Å²) in [5, 5.41) is 3.58. The van der Waals surface area contributed by atoms with Crippen molar-refractivity contribution < 1.29 is 18.1 Å². The van der Waals surface area contributed by atoms with Crippen molar-refractivity contribution in [3.63, 3.8) is 0 Å². The van der Waals surface area contributed by atoms with E-state index in [4.69, 9.17) is 18.1 Å². The first-order valence-electron chi connectivity index (χ1n) is 15.7. The van der Waals surface area contributed by atoms with Crippen molar-refractivity contribution in [2.24, 2.45) is 0 Å². The topological polar surface area (TPSA) is 51.8 Å². The molecule has 7 rings (SSSR count). The van der Waals surface area contributed by atoms with E-state index >= 15 is 0 Å². The van der Waals surface area contributed by atoms with Gasteiger partial charge in [-0.3, -0.25) is 0 Å². The Labute approximate surface area is 215 Å². The summed E-state index contributed by atoms with van der Waals surface area (Å²) in [4.78, 5) is 13.3. The van der Waals surface area contributed by atoms with Gasteiger partial charge in [-0.15, -0.1) is 0 Å². The lowest BCUT2D eigenvalue weighted by atomic mass is 10.0. The molecule has 0 atom stereocenters. The summed E-state index contributed by atoms with van der Waals surface area (Å²) in [6, 6.07) is 11.1. The van der Waals surface area contributed by atoms with Gasteiger partial charge in [-0.25, -0.2) is 15.0 Å². The standard InChI is InChI=1S/C31H19N3O/c1-3-9-20(10-4-1)29-32-30(21-11-5-2-6-12-21)34-31(33-29)24-15-16-27-25(18-24)26-17-22-13-7-8-14-23(22)19-28(26)35-27/h1-19H/i1D,2D,3D,4D,5D,6D,9D,10D,11D,12D. The molecule has 0 spiro atoms. The molecule has 35 heavy (non-hydrogen) atoms. The zero-order valence-electron chi connectivity index (χ0n) is 27.9. The van der Waals surface area contributed by atoms with Crippen LogP contribution in [0.3, 0.4) is 0 Å². The monoisotopic (exact) mass is 459 g/mol. The van der Waals surface area contributed by atoms with E-state index in [0.717, 1.165) is 21.5 Å². The third-order valence-corrected chi connectivity index (χ3v) is 5.68. The number of aromatic nitrogens is 3. The van der Waals surface area contributed by atoms with Gasteiger partial charge in [-0.2, -0.15) is 0 Å². The van der Waals surface area contributed by atoms with Crippen LogP contribution in [-0.2, 0) is 0 Å². The summed E-state index contributed by atoms with van der Waals surface area (Å²) in [5.74, 6) is -0.644. The number of hydrogen-bond acceptors (Lipinski definition) is 4. The molecule has 0 aliphatic carbocycles. The smallest absolute Gasteiger partial charge is 0.164 e. The highest BCUT2D eigenvalue weighted by Gasteiger charge is 2.14. The Bertz CT molecular complexity index is 2260. The number of furan rings is 1. The largest absolute Gasteiger partial charge is 0.456 e. The Morgan fingerprint density at radius 1 is 0.514 bits per heavy atom. The molecule has 2 aromatic heterocycles. The van der Waals surface area contributed by atoms with Crippen molar-refractivity contribution >= 4 is 32.7 Å². The molecule has 0 aliphatic rings. The second-order valence-corrected chi connectivity index (χ2v) is 7.81. The third kappa shape index (κ3) is 3.44. The molecule has 0 saturated carbocycles. The van der Waals surface area contributed by atoms with Gasteiger partial charge in [0.05, 0.1) is 13.7 Å². The maximum absolute atomic E-state index is 8.50. The van der Waals surface area contributed by atoms with E-state index in [9.17, 15) is 0 Å². The van der Waals surface area contributed by atoms with Gasteiger partial charge in [-0.05, 0) is 41.1 Å². The number of fused-ring (bicyclic) bond motifs is 4. The number of benzene rings is 5. The van der Waals surface area contributed by atoms with E-state index in [1.807, 2.05) is 36.4 Å². The quantitative estimate of drug-likeness (QED) is 0.269. The van der Waals surface area contributed by atoms with E-state index in [-0.39, 0.29) is 28.6 Å². The maximum Gasteiger partial charge on any atom is 0.164 e. The summed E-state index contributed by atoms with van der Waals surface area (Å²) >= 11 is 0. The number of rotatable bonds is 3. The molecule has 7 aromatic rings. The fourth-order valence-corrected chi connectivity index (χ4v) is 4.05. The fourth-order valence-electron chi connectivity index (χ4n) is 4.05. The average Bonchev–Trinajstić information content (AvgIpc) is 3.40. The Morgan fingerprint density at radius 3 is 1.69 bits per heavy atom. The van der Waals surface area contributed by atoms with Crippen LogP contribution in [0.1, 0.15) is 13.7 Å². The SMILES string of the molecule is [2H]c1c([2H])c([2H])c(-c2nc(-c3ccc4oc5cc6ccccc6cc5c4c3)nc(-c3c([2H])c([2H])c([2H])c([2H])c3[2H])n2)c([2H])c1[2H]. The van der Waals surface area contributed by atoms with Crippen molar-refractivity contribution in [1.82, 2.24) is 15.0 Å². The van der Waals surface area contributed by atoms with Gasteiger partial charge in [0.1, 0.15) is 11.2 Å². The van der Waals surface area contributed by atoms with Crippen LogP contribution in [0, 0.1) is 0 Å². The predicted octanol–water partition coefficient (Wildman–Crippen LogP) is 7.93. The van der Waals surface area contributed by atoms with Gasteiger partial charge in [0.25, 0.3) is 0 Å². The Balaban J connectivity index is 1.54. The van der Waals surface area contributed by atoms with E-state index in [1.165, 1.54) is 0 Å². The van der Waals surface area contributed by atoms with E-state index < -0.39 is 60.4 Å². The maximum atomic E-state index is 8.50. The van der Waals surface area contributed by atoms with Crippen LogP contribution in [0.2, 0.25) is 0 Å². The molecule has 0 amide bonds. The summed E-state index contributed by atoms with van der Waals surface area (Å²) in [6.07, 6.45) is 0. The Hall–Kier alpha value is -4.83. The van der Waals surface area contributed by atoms with Crippen LogP contribution >= 0.6 is 0 Å². The first-order chi connectivity index (χ1) is 21.5. The molecule has 0 saturated heterocycles. The van der Waals surface area contributed by atoms with Crippen molar-refractivity contribution in [2.45, 2.75) is 0 Å². The molecule has 4 heteroatoms. The highest BCUT2D eigenvalue weighted by atomic mass is 16.3. The molecule has 2 heterocycles. The van der Waals surface area contributed by atoms with Gasteiger partial charge in [0.15, 0.2) is 17.5 Å². The summed E-state index contributed by atoms with van der Waals surface area (Å²) in [6.45, 7) is 0. The minimum Gasteiger partial charge on any atom is -0.456 e. The first kappa shape index (κ1) is 12.0. The molecule has 4 nitrogen and oxygen atoms in total. The second-order valence-electron chi connectivity index (χ2n) is 7.81. The molecule has 0 N–H and O–H groups in total. The van der Waals surface area contributed by atoms with Gasteiger partial charge < -0.3 is 4.42 Å². The van der Waals surface area contributed by atoms with Gasteiger partial charge in [-0.1, -0.05) is 84.7 Å². The zero-order chi connectivity index (χ0) is 31.9. The molecule has 164 valence electrons. The summed E-state index contributed by atoms with van der Waals surface area (Å²) in [5.41, 5.74) is 1.05. The molecule has 0 fully saturated rings. The second kappa shape index (κ2) is 7.89. The average molecular weight is 460 g/mol. The minimum absolute atomic E-state index is 0.00865. The molecular formula is C31H19N3O. The first-order valence-corrected chi connectivity index (χ1v) is 10.7. The van der Waals surface area contributed by atoms with E-state index in [1.54, 1.807) is 18.2 Å². The summed E-state index contributed by atoms with van der Waals surface area (Å²) in [7, 11) is 0. The van der Waals surface area contributed by atoms with Crippen LogP contribution in [0.25, 0.3) is 66.9 Å². The van der Waals surface area contributed by atoms with Crippen LogP contribution in [0.5, 0.6) is 0 Å². The lowest BCUT2D eigenvalue weighted by molar-refractivity contribution is 0.669. The molecule has 0 aliphatic heterocycles. The van der Waals surface area contributed by atoms with Crippen molar-refractivity contribution in [2.75, 3.05) is 0 Å². The van der Waals surface area contributed by atoms with Crippen molar-refractivity contribution in [1.29, 1.82) is 0 Å². The van der Waals surface area contributed by atoms with Crippen molar-refractivity contribution in [3.05, 3.63) is 115 Å². The fraction of sp³-hybridized carbons (Fsp3) is 0. The van der Waals surface area contributed by atoms with Gasteiger partial charge in [0, 0.05) is 27.5 Å². The molecular weight excluding hydrogens is 430 g/mol. The highest BCUT2D eigenvalue weighted by molar-refractivity contribution is 6.10. The Kier molecular flexibility index (Phi) is 2.71. The van der Waals surface area contributed by atoms with Gasteiger partial charge in [0.2, 0.25) is 0 Å². The highest BCUT2D eigenvalue weighted by Crippen LogP contribution is 2.35. The normalized spacial score (nSPS) is 15.4. The molecule has 0 bridgehead atoms. The number of hydrogen-bond donors (Lipinski definition) is 0. The molecule has 0 unspecified atom stereocenters. The van der Waals surface area contributed by atoms with E-state index in [2.05, 4.69) is 15.0 Å². The predicted molar refractivity (Wildman–Crippen MR) is 141 cm³/mol. The molecule has 0 radical (unpaired) electrons. The lowest BCUT2D eigenvalue weighted by Crippen LogP contribution is -2.00. The lowest BCUT2D eigenvalue weighted by Gasteiger charge is -2.08. The van der Waals surface area contributed by atoms with Crippen LogP contribution in [0.15, 0.2) is 119 Å². The minimum atomic E-state index is -0.601.